The smallest absolute Gasteiger partial charge is 0.402 e. The monoisotopic (exact) mass is 252 g/mol. The lowest BCUT2D eigenvalue weighted by Gasteiger charge is -2.07. The molecule has 7 nitrogen and oxygen atoms in total. The fourth-order valence-electron chi connectivity index (χ4n) is 0.882. The van der Waals surface area contributed by atoms with Gasteiger partial charge in [0.15, 0.2) is 0 Å². The van der Waals surface area contributed by atoms with Crippen LogP contribution in [-0.2, 0) is 23.5 Å². The predicted molar refractivity (Wildman–Crippen MR) is 60.5 cm³/mol. The van der Waals surface area contributed by atoms with E-state index in [1.54, 1.807) is 0 Å². The summed E-state index contributed by atoms with van der Waals surface area (Å²) in [5, 5.41) is 17.3. The Kier molecular flexibility index (Phi) is 13.7. The normalized spacial score (nSPS) is 10.8. The van der Waals surface area contributed by atoms with Crippen LogP contribution >= 0.6 is 0 Å². The van der Waals surface area contributed by atoms with Gasteiger partial charge >= 0.3 is 7.32 Å². The molecule has 0 amide bonds. The number of rotatable bonds is 13. The molecule has 0 rings (SSSR count). The van der Waals surface area contributed by atoms with Gasteiger partial charge in [0, 0.05) is 7.11 Å². The van der Waals surface area contributed by atoms with Crippen molar-refractivity contribution in [3.8, 4) is 0 Å². The Bertz CT molecular complexity index is 149. The number of aliphatic hydroxyl groups excluding tert-OH is 1. The third-order valence-electron chi connectivity index (χ3n) is 1.67. The van der Waals surface area contributed by atoms with Crippen molar-refractivity contribution >= 4 is 7.32 Å². The van der Waals surface area contributed by atoms with Crippen LogP contribution in [0.2, 0.25) is 0 Å². The maximum atomic E-state index is 8.85. The molecule has 0 heterocycles. The molecule has 0 bridgehead atoms. The molecule has 102 valence electrons. The Hall–Kier alpha value is -0.215. The molecule has 0 aromatic rings. The van der Waals surface area contributed by atoms with Crippen LogP contribution in [0.25, 0.3) is 0 Å². The fraction of sp³-hybridized carbons (Fsp3) is 1.00. The van der Waals surface area contributed by atoms with Gasteiger partial charge in [-0.15, -0.1) is 0 Å². The van der Waals surface area contributed by atoms with Crippen LogP contribution in [0, 0.1) is 0 Å². The van der Waals surface area contributed by atoms with Crippen molar-refractivity contribution in [2.45, 2.75) is 0 Å². The van der Waals surface area contributed by atoms with Crippen LogP contribution in [0.1, 0.15) is 0 Å². The van der Waals surface area contributed by atoms with Gasteiger partial charge in [0.2, 0.25) is 0 Å². The third kappa shape index (κ3) is 13.7. The lowest BCUT2D eigenvalue weighted by molar-refractivity contribution is 0.000794. The molecular formula is C9H21BO7. The van der Waals surface area contributed by atoms with E-state index >= 15 is 0 Å². The summed E-state index contributed by atoms with van der Waals surface area (Å²) in [4.78, 5) is 0. The molecule has 0 atom stereocenters. The van der Waals surface area contributed by atoms with Gasteiger partial charge in [0.05, 0.1) is 52.9 Å². The highest BCUT2D eigenvalue weighted by Gasteiger charge is 2.11. The van der Waals surface area contributed by atoms with Crippen LogP contribution in [0.4, 0.5) is 0 Å². The molecule has 0 aliphatic rings. The Labute approximate surface area is 102 Å². The molecule has 0 fully saturated rings. The minimum atomic E-state index is -1.20. The van der Waals surface area contributed by atoms with Crippen molar-refractivity contribution in [3.63, 3.8) is 0 Å². The highest BCUT2D eigenvalue weighted by molar-refractivity contribution is 6.34. The molecular weight excluding hydrogens is 231 g/mol. The highest BCUT2D eigenvalue weighted by atomic mass is 16.7. The molecule has 0 saturated carbocycles. The highest BCUT2D eigenvalue weighted by Crippen LogP contribution is 1.84. The molecule has 17 heavy (non-hydrogen) atoms. The second-order valence-electron chi connectivity index (χ2n) is 2.97. The van der Waals surface area contributed by atoms with Gasteiger partial charge in [-0.2, -0.15) is 0 Å². The lowest BCUT2D eigenvalue weighted by Crippen LogP contribution is -2.23. The Balaban J connectivity index is 2.94. The summed E-state index contributed by atoms with van der Waals surface area (Å²) >= 11 is 0. The maximum absolute atomic E-state index is 8.85. The minimum absolute atomic E-state index is 0.0242. The van der Waals surface area contributed by atoms with E-state index in [0.29, 0.717) is 39.6 Å². The first kappa shape index (κ1) is 16.8. The van der Waals surface area contributed by atoms with Gasteiger partial charge in [-0.3, -0.25) is 0 Å². The average molecular weight is 252 g/mol. The van der Waals surface area contributed by atoms with Crippen molar-refractivity contribution in [2.24, 2.45) is 0 Å². The molecule has 2 N–H and O–H groups in total. The number of ether oxygens (including phenoxy) is 3. The first-order chi connectivity index (χ1) is 8.31. The zero-order chi connectivity index (χ0) is 12.8. The van der Waals surface area contributed by atoms with E-state index in [9.17, 15) is 0 Å². The van der Waals surface area contributed by atoms with E-state index < -0.39 is 7.32 Å². The zero-order valence-corrected chi connectivity index (χ0v) is 10.2. The summed E-state index contributed by atoms with van der Waals surface area (Å²) in [6, 6.07) is 0. The van der Waals surface area contributed by atoms with Crippen LogP contribution in [0.3, 0.4) is 0 Å². The predicted octanol–water partition coefficient (Wildman–Crippen LogP) is -1.33. The van der Waals surface area contributed by atoms with Gasteiger partial charge in [0.1, 0.15) is 0 Å². The summed E-state index contributed by atoms with van der Waals surface area (Å²) in [6.45, 7) is 2.84. The van der Waals surface area contributed by atoms with E-state index in [0.717, 1.165) is 0 Å². The largest absolute Gasteiger partial charge is 0.636 e. The Morgan fingerprint density at radius 2 is 1.29 bits per heavy atom. The Morgan fingerprint density at radius 1 is 0.824 bits per heavy atom. The number of hydrogen-bond donors (Lipinski definition) is 2. The summed E-state index contributed by atoms with van der Waals surface area (Å²) in [5.41, 5.74) is 0. The standard InChI is InChI=1S/C9H21BO7/c1-13-10(12)17-9-8-16-7-6-15-5-4-14-3-2-11/h11-12H,2-9H2,1H3. The van der Waals surface area contributed by atoms with E-state index in [1.165, 1.54) is 7.11 Å². The first-order valence-electron chi connectivity index (χ1n) is 5.47. The first-order valence-corrected chi connectivity index (χ1v) is 5.47. The van der Waals surface area contributed by atoms with Crippen molar-refractivity contribution in [1.82, 2.24) is 0 Å². The van der Waals surface area contributed by atoms with Gasteiger partial charge in [-0.05, 0) is 0 Å². The molecule has 0 aromatic heterocycles. The summed E-state index contributed by atoms with van der Waals surface area (Å²) in [7, 11) is 0.150. The van der Waals surface area contributed by atoms with Crippen molar-refractivity contribution < 1.29 is 33.6 Å². The quantitative estimate of drug-likeness (QED) is 0.310. The molecule has 0 saturated heterocycles. The van der Waals surface area contributed by atoms with Crippen molar-refractivity contribution in [2.75, 3.05) is 60.0 Å². The van der Waals surface area contributed by atoms with Crippen LogP contribution in [-0.4, -0.2) is 77.4 Å². The second-order valence-corrected chi connectivity index (χ2v) is 2.97. The lowest BCUT2D eigenvalue weighted by atomic mass is 10.2. The molecule has 0 spiro atoms. The third-order valence-corrected chi connectivity index (χ3v) is 1.67. The molecule has 0 unspecified atom stereocenters. The topological polar surface area (TPSA) is 86.6 Å². The van der Waals surface area contributed by atoms with Gasteiger partial charge in [-0.1, -0.05) is 0 Å². The zero-order valence-electron chi connectivity index (χ0n) is 10.2. The fourth-order valence-corrected chi connectivity index (χ4v) is 0.882. The Morgan fingerprint density at radius 3 is 1.76 bits per heavy atom. The van der Waals surface area contributed by atoms with E-state index in [-0.39, 0.29) is 13.2 Å². The average Bonchev–Trinajstić information content (AvgIpc) is 2.35. The van der Waals surface area contributed by atoms with Gasteiger partial charge in [0.25, 0.3) is 0 Å². The van der Waals surface area contributed by atoms with Crippen molar-refractivity contribution in [3.05, 3.63) is 0 Å². The van der Waals surface area contributed by atoms with Gasteiger partial charge < -0.3 is 33.6 Å². The molecule has 0 aliphatic heterocycles. The van der Waals surface area contributed by atoms with E-state index in [1.807, 2.05) is 0 Å². The number of hydrogen-bond acceptors (Lipinski definition) is 7. The molecule has 0 radical (unpaired) electrons. The second kappa shape index (κ2) is 13.8. The van der Waals surface area contributed by atoms with Crippen LogP contribution < -0.4 is 0 Å². The number of aliphatic hydroxyl groups is 1. The van der Waals surface area contributed by atoms with E-state index in [2.05, 4.69) is 4.65 Å². The molecule has 0 aliphatic carbocycles. The van der Waals surface area contributed by atoms with Crippen molar-refractivity contribution in [1.29, 1.82) is 0 Å². The minimum Gasteiger partial charge on any atom is -0.402 e. The van der Waals surface area contributed by atoms with Crippen LogP contribution in [0.15, 0.2) is 0 Å². The molecule has 8 heteroatoms. The molecule has 0 aromatic carbocycles. The van der Waals surface area contributed by atoms with E-state index in [4.69, 9.17) is 29.0 Å². The SMILES string of the molecule is COB(O)OCCOCCOCCOCCO. The maximum Gasteiger partial charge on any atom is 0.636 e. The summed E-state index contributed by atoms with van der Waals surface area (Å²) in [5.74, 6) is 0. The van der Waals surface area contributed by atoms with Gasteiger partial charge in [-0.25, -0.2) is 0 Å². The van der Waals surface area contributed by atoms with Crippen LogP contribution in [0.5, 0.6) is 0 Å². The summed E-state index contributed by atoms with van der Waals surface area (Å²) < 4.78 is 24.6. The summed E-state index contributed by atoms with van der Waals surface area (Å²) in [6.07, 6.45) is 0.